The van der Waals surface area contributed by atoms with Crippen LogP contribution in [0.15, 0.2) is 60.2 Å². The van der Waals surface area contributed by atoms with Gasteiger partial charge in [-0.3, -0.25) is 14.5 Å². The second-order valence-electron chi connectivity index (χ2n) is 9.31. The van der Waals surface area contributed by atoms with Crippen molar-refractivity contribution >= 4 is 61.4 Å². The third kappa shape index (κ3) is 4.57. The van der Waals surface area contributed by atoms with Crippen LogP contribution in [0.2, 0.25) is 5.02 Å². The second-order valence-corrected chi connectivity index (χ2v) is 10.7. The summed E-state index contributed by atoms with van der Waals surface area (Å²) < 4.78 is 11.6. The number of anilines is 2. The Balaban J connectivity index is 1.75. The minimum Gasteiger partial charge on any atom is -0.507 e. The summed E-state index contributed by atoms with van der Waals surface area (Å²) in [6, 6.07) is 15.3. The maximum atomic E-state index is 13.6. The van der Waals surface area contributed by atoms with Crippen molar-refractivity contribution in [2.24, 2.45) is 0 Å². The summed E-state index contributed by atoms with van der Waals surface area (Å²) in [6.07, 6.45) is 0. The molecule has 5 rings (SSSR count). The molecule has 39 heavy (non-hydrogen) atoms. The molecule has 1 atom stereocenters. The molecule has 1 aliphatic rings. The largest absolute Gasteiger partial charge is 0.507 e. The topological polar surface area (TPSA) is 92.2 Å². The number of carbonyl (C=O) groups excluding carboxylic acids is 2. The van der Waals surface area contributed by atoms with Crippen LogP contribution in [0.1, 0.15) is 22.7 Å². The Morgan fingerprint density at radius 3 is 2.36 bits per heavy atom. The molecule has 8 nitrogen and oxygen atoms in total. The Morgan fingerprint density at radius 2 is 1.72 bits per heavy atom. The molecule has 0 saturated carbocycles. The van der Waals surface area contributed by atoms with Gasteiger partial charge >= 0.3 is 5.91 Å². The molecule has 0 bridgehead atoms. The number of carbonyl (C=O) groups is 2. The molecule has 4 aromatic rings. The van der Waals surface area contributed by atoms with Crippen LogP contribution in [0, 0.1) is 6.92 Å². The van der Waals surface area contributed by atoms with E-state index in [1.165, 1.54) is 42.6 Å². The van der Waals surface area contributed by atoms with Gasteiger partial charge in [-0.15, -0.1) is 0 Å². The highest BCUT2D eigenvalue weighted by Gasteiger charge is 2.48. The van der Waals surface area contributed by atoms with Crippen molar-refractivity contribution in [1.29, 1.82) is 0 Å². The van der Waals surface area contributed by atoms with Crippen LogP contribution in [-0.2, 0) is 9.59 Å². The van der Waals surface area contributed by atoms with Crippen LogP contribution in [0.5, 0.6) is 11.5 Å². The van der Waals surface area contributed by atoms with Crippen LogP contribution < -0.4 is 19.3 Å². The first kappa shape index (κ1) is 26.5. The van der Waals surface area contributed by atoms with E-state index in [1.54, 1.807) is 0 Å². The molecular formula is C29H26ClN3O5S. The molecule has 1 amide bonds. The fourth-order valence-corrected chi connectivity index (χ4v) is 5.94. The molecular weight excluding hydrogens is 538 g/mol. The van der Waals surface area contributed by atoms with E-state index in [2.05, 4.69) is 4.98 Å². The highest BCUT2D eigenvalue weighted by molar-refractivity contribution is 7.22. The molecule has 1 aromatic heterocycles. The summed E-state index contributed by atoms with van der Waals surface area (Å²) in [7, 11) is 6.73. The first-order chi connectivity index (χ1) is 18.6. The van der Waals surface area contributed by atoms with Gasteiger partial charge in [0.05, 0.1) is 46.6 Å². The molecule has 1 unspecified atom stereocenters. The lowest BCUT2D eigenvalue weighted by atomic mass is 9.95. The molecule has 3 aromatic carbocycles. The van der Waals surface area contributed by atoms with Crippen molar-refractivity contribution in [3.05, 3.63) is 81.9 Å². The molecule has 1 N–H and O–H groups in total. The number of aromatic nitrogens is 1. The van der Waals surface area contributed by atoms with E-state index in [9.17, 15) is 14.7 Å². The monoisotopic (exact) mass is 563 g/mol. The third-order valence-electron chi connectivity index (χ3n) is 6.64. The maximum absolute atomic E-state index is 13.6. The predicted octanol–water partition coefficient (Wildman–Crippen LogP) is 5.97. The Morgan fingerprint density at radius 1 is 1.03 bits per heavy atom. The normalized spacial score (nSPS) is 16.7. The van der Waals surface area contributed by atoms with E-state index < -0.39 is 23.5 Å². The molecule has 0 spiro atoms. The van der Waals surface area contributed by atoms with E-state index >= 15 is 0 Å². The lowest BCUT2D eigenvalue weighted by Crippen LogP contribution is -2.29. The number of rotatable bonds is 6. The number of aliphatic hydroxyl groups excluding tert-OH is 1. The molecule has 0 radical (unpaired) electrons. The van der Waals surface area contributed by atoms with Crippen LogP contribution >= 0.6 is 22.9 Å². The number of ketones is 1. The molecule has 10 heteroatoms. The Hall–Kier alpha value is -4.08. The number of aliphatic hydroxyl groups is 1. The minimum atomic E-state index is -0.937. The van der Waals surface area contributed by atoms with Gasteiger partial charge in [0.25, 0.3) is 5.78 Å². The number of Topliss-reactive ketones (excluding diaryl/α,β-unsaturated/α-hetero) is 1. The zero-order chi connectivity index (χ0) is 28.0. The Kier molecular flexibility index (Phi) is 6.96. The molecule has 0 aliphatic carbocycles. The van der Waals surface area contributed by atoms with Crippen molar-refractivity contribution in [2.45, 2.75) is 13.0 Å². The summed E-state index contributed by atoms with van der Waals surface area (Å²) in [5.74, 6) is -1.45. The summed E-state index contributed by atoms with van der Waals surface area (Å²) in [4.78, 5) is 35.2. The number of ether oxygens (including phenoxy) is 2. The number of nitrogens with zero attached hydrogens (tertiary/aromatic N) is 3. The SMILES string of the molecule is COc1cc(OC)c(/C(O)=C2\C(=O)C(=O)N(c3nc4ccc(C)cc4s3)C2c2ccc(N(C)C)cc2)cc1Cl. The highest BCUT2D eigenvalue weighted by atomic mass is 35.5. The van der Waals surface area contributed by atoms with E-state index in [0.717, 1.165) is 16.0 Å². The lowest BCUT2D eigenvalue weighted by Gasteiger charge is -2.24. The van der Waals surface area contributed by atoms with Gasteiger partial charge in [0.2, 0.25) is 0 Å². The van der Waals surface area contributed by atoms with Crippen LogP contribution in [-0.4, -0.2) is 50.1 Å². The van der Waals surface area contributed by atoms with Crippen LogP contribution in [0.25, 0.3) is 16.0 Å². The third-order valence-corrected chi connectivity index (χ3v) is 7.95. The van der Waals surface area contributed by atoms with Crippen molar-refractivity contribution in [1.82, 2.24) is 4.98 Å². The van der Waals surface area contributed by atoms with Gasteiger partial charge in [-0.05, 0) is 48.4 Å². The average molecular weight is 564 g/mol. The van der Waals surface area contributed by atoms with Gasteiger partial charge in [0.1, 0.15) is 17.3 Å². The molecule has 1 saturated heterocycles. The maximum Gasteiger partial charge on any atom is 0.301 e. The van der Waals surface area contributed by atoms with Gasteiger partial charge in [0.15, 0.2) is 5.13 Å². The van der Waals surface area contributed by atoms with Crippen molar-refractivity contribution in [3.63, 3.8) is 0 Å². The molecule has 1 aliphatic heterocycles. The van der Waals surface area contributed by atoms with E-state index in [-0.39, 0.29) is 21.9 Å². The number of hydrogen-bond acceptors (Lipinski definition) is 8. The predicted molar refractivity (Wildman–Crippen MR) is 154 cm³/mol. The van der Waals surface area contributed by atoms with Gasteiger partial charge in [0, 0.05) is 25.8 Å². The number of methoxy groups -OCH3 is 2. The lowest BCUT2D eigenvalue weighted by molar-refractivity contribution is -0.132. The number of hydrogen-bond donors (Lipinski definition) is 1. The van der Waals surface area contributed by atoms with E-state index in [0.29, 0.717) is 22.0 Å². The number of amides is 1. The quantitative estimate of drug-likeness (QED) is 0.175. The second kappa shape index (κ2) is 10.2. The summed E-state index contributed by atoms with van der Waals surface area (Å²) in [5.41, 5.74) is 3.42. The zero-order valence-corrected chi connectivity index (χ0v) is 23.6. The first-order valence-electron chi connectivity index (χ1n) is 12.0. The fourth-order valence-electron chi connectivity index (χ4n) is 4.61. The number of thiazole rings is 1. The van der Waals surface area contributed by atoms with Crippen LogP contribution in [0.4, 0.5) is 10.8 Å². The number of benzene rings is 3. The smallest absolute Gasteiger partial charge is 0.301 e. The Labute approximate surface area is 234 Å². The van der Waals surface area contributed by atoms with Crippen molar-refractivity contribution < 1.29 is 24.2 Å². The molecule has 2 heterocycles. The van der Waals surface area contributed by atoms with Gasteiger partial charge in [-0.25, -0.2) is 4.98 Å². The molecule has 1 fully saturated rings. The first-order valence-corrected chi connectivity index (χ1v) is 13.2. The van der Waals surface area contributed by atoms with E-state index in [4.69, 9.17) is 21.1 Å². The standard InChI is InChI=1S/C29H26ClN3O5S/c1-15-6-11-20-23(12-15)39-29(31-20)33-25(16-7-9-17(10-8-16)32(2)3)24(27(35)28(33)36)26(34)18-13-19(30)22(38-5)14-21(18)37-4/h6-14,25,34H,1-5H3/b26-24+. The number of fused-ring (bicyclic) bond motifs is 1. The van der Waals surface area contributed by atoms with Gasteiger partial charge in [-0.2, -0.15) is 0 Å². The fraction of sp³-hybridized carbons (Fsp3) is 0.207. The van der Waals surface area contributed by atoms with Gasteiger partial charge in [-0.1, -0.05) is 41.1 Å². The summed E-state index contributed by atoms with van der Waals surface area (Å²) in [6.45, 7) is 1.98. The average Bonchev–Trinajstić information content (AvgIpc) is 3.45. The van der Waals surface area contributed by atoms with Crippen molar-refractivity contribution in [3.8, 4) is 11.5 Å². The van der Waals surface area contributed by atoms with E-state index in [1.807, 2.05) is 68.4 Å². The van der Waals surface area contributed by atoms with Crippen molar-refractivity contribution in [2.75, 3.05) is 38.1 Å². The van der Waals surface area contributed by atoms with Gasteiger partial charge < -0.3 is 19.5 Å². The Bertz CT molecular complexity index is 1640. The summed E-state index contributed by atoms with van der Waals surface area (Å²) >= 11 is 7.68. The zero-order valence-electron chi connectivity index (χ0n) is 22.0. The minimum absolute atomic E-state index is 0.0902. The number of aryl methyl sites for hydroxylation is 1. The summed E-state index contributed by atoms with van der Waals surface area (Å²) in [5, 5.41) is 12.2. The number of halogens is 1. The molecule has 200 valence electrons. The highest BCUT2D eigenvalue weighted by Crippen LogP contribution is 2.46. The van der Waals surface area contributed by atoms with Crippen LogP contribution in [0.3, 0.4) is 0 Å².